The van der Waals surface area contributed by atoms with Gasteiger partial charge in [0.05, 0.1) is 24.5 Å². The minimum Gasteiger partial charge on any atom is -0.379 e. The molecule has 9 nitrogen and oxygen atoms in total. The summed E-state index contributed by atoms with van der Waals surface area (Å²) < 4.78 is 19.3. The zero-order valence-corrected chi connectivity index (χ0v) is 23.6. The molecule has 0 unspecified atom stereocenters. The Hall–Kier alpha value is -4.54. The predicted octanol–water partition coefficient (Wildman–Crippen LogP) is 4.24. The first-order chi connectivity index (χ1) is 21.0. The zero-order valence-electron chi connectivity index (χ0n) is 23.6. The molecule has 220 valence electrons. The highest BCUT2D eigenvalue weighted by Gasteiger charge is 2.53. The Bertz CT molecular complexity index is 1700. The smallest absolute Gasteiger partial charge is 0.332 e. The third-order valence-corrected chi connectivity index (χ3v) is 8.66. The molecular formula is C33H32FN5O4. The number of aromatic nitrogens is 1. The Labute approximate surface area is 248 Å². The molecule has 4 aromatic rings. The van der Waals surface area contributed by atoms with Crippen molar-refractivity contribution in [1.29, 1.82) is 0 Å². The summed E-state index contributed by atoms with van der Waals surface area (Å²) in [5, 5.41) is 3.95. The number of imide groups is 1. The predicted molar refractivity (Wildman–Crippen MR) is 159 cm³/mol. The number of para-hydroxylation sites is 2. The normalized spacial score (nSPS) is 20.4. The number of H-pyrrole nitrogens is 1. The van der Waals surface area contributed by atoms with Gasteiger partial charge in [0.25, 0.3) is 11.8 Å². The number of urea groups is 1. The second kappa shape index (κ2) is 11.3. The van der Waals surface area contributed by atoms with Gasteiger partial charge in [0.15, 0.2) is 0 Å². The van der Waals surface area contributed by atoms with E-state index >= 15 is 0 Å². The molecule has 3 aliphatic rings. The van der Waals surface area contributed by atoms with Crippen molar-refractivity contribution < 1.29 is 23.5 Å². The molecule has 43 heavy (non-hydrogen) atoms. The van der Waals surface area contributed by atoms with Gasteiger partial charge in [-0.1, -0.05) is 42.5 Å². The lowest BCUT2D eigenvalue weighted by Gasteiger charge is -2.36. The first kappa shape index (κ1) is 27.3. The number of morpholine rings is 1. The summed E-state index contributed by atoms with van der Waals surface area (Å²) in [5.41, 5.74) is 3.88. The molecule has 0 aliphatic carbocycles. The van der Waals surface area contributed by atoms with E-state index < -0.39 is 18.1 Å². The second-order valence-electron chi connectivity index (χ2n) is 11.2. The number of rotatable bonds is 7. The fraction of sp³-hybridized carbons (Fsp3) is 0.303. The van der Waals surface area contributed by atoms with E-state index in [1.807, 2.05) is 24.3 Å². The fourth-order valence-corrected chi connectivity index (χ4v) is 6.57. The molecule has 4 heterocycles. The minimum atomic E-state index is -0.779. The van der Waals surface area contributed by atoms with E-state index in [-0.39, 0.29) is 28.9 Å². The summed E-state index contributed by atoms with van der Waals surface area (Å²) in [7, 11) is 0. The Morgan fingerprint density at radius 1 is 0.977 bits per heavy atom. The van der Waals surface area contributed by atoms with Gasteiger partial charge in [-0.3, -0.25) is 19.4 Å². The summed E-state index contributed by atoms with van der Waals surface area (Å²) >= 11 is 0. The first-order valence-corrected chi connectivity index (χ1v) is 14.7. The molecule has 4 amide bonds. The van der Waals surface area contributed by atoms with E-state index in [9.17, 15) is 18.8 Å². The SMILES string of the molecule is O=C(NCCCN1CCOCC1)c1ccccc1N1C(=O)[C@@H]2Cc3c([nH]c4ccccc34)[C@@H](c3ccc(F)cc3)N2C1=O. The first-order valence-electron chi connectivity index (χ1n) is 14.7. The van der Waals surface area contributed by atoms with Crippen LogP contribution in [0.1, 0.15) is 39.6 Å². The molecule has 3 aromatic carbocycles. The van der Waals surface area contributed by atoms with Crippen molar-refractivity contribution in [3.05, 3.63) is 101 Å². The second-order valence-corrected chi connectivity index (χ2v) is 11.2. The molecule has 2 N–H and O–H groups in total. The maximum absolute atomic E-state index is 14.2. The fourth-order valence-electron chi connectivity index (χ4n) is 6.57. The number of benzene rings is 3. The van der Waals surface area contributed by atoms with E-state index in [0.717, 1.165) is 66.3 Å². The van der Waals surface area contributed by atoms with Gasteiger partial charge in [-0.15, -0.1) is 0 Å². The molecule has 10 heteroatoms. The van der Waals surface area contributed by atoms with E-state index in [2.05, 4.69) is 15.2 Å². The average molecular weight is 582 g/mol. The number of nitrogens with one attached hydrogen (secondary N) is 2. The monoisotopic (exact) mass is 581 g/mol. The van der Waals surface area contributed by atoms with Crippen molar-refractivity contribution in [1.82, 2.24) is 20.1 Å². The van der Waals surface area contributed by atoms with E-state index in [1.165, 1.54) is 12.1 Å². The number of fused-ring (bicyclic) bond motifs is 4. The van der Waals surface area contributed by atoms with Crippen molar-refractivity contribution in [2.24, 2.45) is 0 Å². The molecule has 2 atom stereocenters. The van der Waals surface area contributed by atoms with E-state index in [1.54, 1.807) is 41.3 Å². The van der Waals surface area contributed by atoms with Crippen molar-refractivity contribution >= 4 is 34.4 Å². The lowest BCUT2D eigenvalue weighted by Crippen LogP contribution is -2.44. The number of nitrogens with zero attached hydrogens (tertiary/aromatic N) is 3. The van der Waals surface area contributed by atoms with Crippen molar-refractivity contribution in [3.8, 4) is 0 Å². The van der Waals surface area contributed by atoms with Crippen LogP contribution in [0.25, 0.3) is 10.9 Å². The molecule has 1 aromatic heterocycles. The standard InChI is InChI=1S/C33H32FN5O4/c34-22-12-10-21(11-13-22)30-29-25(23-6-1-3-8-26(23)36-29)20-28-32(41)39(33(42)38(28)30)27-9-4-2-7-24(27)31(40)35-14-5-15-37-16-18-43-19-17-37/h1-4,6-13,28,30,36H,5,14-20H2,(H,35,40)/t28-,30+/m0/s1. The summed E-state index contributed by atoms with van der Waals surface area (Å²) in [4.78, 5) is 50.2. The minimum absolute atomic E-state index is 0.254. The van der Waals surface area contributed by atoms with Gasteiger partial charge in [0.2, 0.25) is 0 Å². The number of hydrogen-bond donors (Lipinski definition) is 2. The Morgan fingerprint density at radius 2 is 1.72 bits per heavy atom. The molecular weight excluding hydrogens is 549 g/mol. The van der Waals surface area contributed by atoms with Gasteiger partial charge in [-0.2, -0.15) is 0 Å². The highest BCUT2D eigenvalue weighted by atomic mass is 19.1. The van der Waals surface area contributed by atoms with Gasteiger partial charge in [0.1, 0.15) is 17.9 Å². The van der Waals surface area contributed by atoms with Crippen LogP contribution in [-0.2, 0) is 16.0 Å². The maximum atomic E-state index is 14.2. The van der Waals surface area contributed by atoms with E-state index in [4.69, 9.17) is 4.74 Å². The van der Waals surface area contributed by atoms with Gasteiger partial charge in [-0.05, 0) is 54.4 Å². The summed E-state index contributed by atoms with van der Waals surface area (Å²) in [6.45, 7) is 4.52. The third kappa shape index (κ3) is 4.86. The van der Waals surface area contributed by atoms with Gasteiger partial charge < -0.3 is 15.0 Å². The van der Waals surface area contributed by atoms with Crippen molar-refractivity contribution in [3.63, 3.8) is 0 Å². The molecule has 0 spiro atoms. The largest absolute Gasteiger partial charge is 0.379 e. The molecule has 3 aliphatic heterocycles. The summed E-state index contributed by atoms with van der Waals surface area (Å²) in [6.07, 6.45) is 1.10. The van der Waals surface area contributed by atoms with Crippen LogP contribution in [0.2, 0.25) is 0 Å². The average Bonchev–Trinajstić information content (AvgIpc) is 3.53. The van der Waals surface area contributed by atoms with Crippen molar-refractivity contribution in [2.45, 2.75) is 24.9 Å². The van der Waals surface area contributed by atoms with Crippen molar-refractivity contribution in [2.75, 3.05) is 44.3 Å². The number of halogens is 1. The number of ether oxygens (including phenoxy) is 1. The number of aromatic amines is 1. The maximum Gasteiger partial charge on any atom is 0.332 e. The topological polar surface area (TPSA) is 98.0 Å². The zero-order chi connectivity index (χ0) is 29.5. The van der Waals surface area contributed by atoms with Gasteiger partial charge >= 0.3 is 6.03 Å². The molecule has 0 radical (unpaired) electrons. The third-order valence-electron chi connectivity index (χ3n) is 8.66. The Balaban J connectivity index is 1.19. The molecule has 0 saturated carbocycles. The van der Waals surface area contributed by atoms with Crippen LogP contribution in [0.4, 0.5) is 14.9 Å². The molecule has 7 rings (SSSR count). The van der Waals surface area contributed by atoms with Crippen LogP contribution in [0, 0.1) is 5.82 Å². The van der Waals surface area contributed by atoms with Crippen LogP contribution in [0.5, 0.6) is 0 Å². The molecule has 2 saturated heterocycles. The van der Waals surface area contributed by atoms with Crippen LogP contribution in [0.3, 0.4) is 0 Å². The number of hydrogen-bond acceptors (Lipinski definition) is 5. The number of amides is 4. The Kier molecular flexibility index (Phi) is 7.16. The number of carbonyl (C=O) groups excluding carboxylic acids is 3. The number of anilines is 1. The summed E-state index contributed by atoms with van der Waals surface area (Å²) in [5.74, 6) is -1.11. The van der Waals surface area contributed by atoms with Crippen LogP contribution in [0.15, 0.2) is 72.8 Å². The lowest BCUT2D eigenvalue weighted by molar-refractivity contribution is -0.120. The lowest BCUT2D eigenvalue weighted by atomic mass is 9.89. The highest BCUT2D eigenvalue weighted by Crippen LogP contribution is 2.45. The van der Waals surface area contributed by atoms with Crippen LogP contribution in [-0.4, -0.2) is 78.1 Å². The van der Waals surface area contributed by atoms with Gasteiger partial charge in [0, 0.05) is 42.7 Å². The highest BCUT2D eigenvalue weighted by molar-refractivity contribution is 6.24. The molecule has 2 fully saturated rings. The Morgan fingerprint density at radius 3 is 2.53 bits per heavy atom. The summed E-state index contributed by atoms with van der Waals surface area (Å²) in [6, 6.07) is 18.7. The number of carbonyl (C=O) groups is 3. The quantitative estimate of drug-likeness (QED) is 0.251. The van der Waals surface area contributed by atoms with Crippen LogP contribution >= 0.6 is 0 Å². The van der Waals surface area contributed by atoms with Crippen LogP contribution < -0.4 is 10.2 Å². The molecule has 0 bridgehead atoms. The van der Waals surface area contributed by atoms with E-state index in [0.29, 0.717) is 18.5 Å². The van der Waals surface area contributed by atoms with Gasteiger partial charge in [-0.25, -0.2) is 14.1 Å².